The molecule has 2 heterocycles. The predicted molar refractivity (Wildman–Crippen MR) is 122 cm³/mol. The van der Waals surface area contributed by atoms with Crippen molar-refractivity contribution in [2.75, 3.05) is 4.90 Å². The van der Waals surface area contributed by atoms with Crippen molar-refractivity contribution >= 4 is 57.1 Å². The van der Waals surface area contributed by atoms with Crippen molar-refractivity contribution < 1.29 is 18.8 Å². The lowest BCUT2D eigenvalue weighted by atomic mass is 10.1. The number of carbonyl (C=O) groups is 3. The Morgan fingerprint density at radius 2 is 1.77 bits per heavy atom. The van der Waals surface area contributed by atoms with Crippen LogP contribution >= 0.6 is 27.5 Å². The van der Waals surface area contributed by atoms with Crippen LogP contribution in [-0.2, 0) is 9.59 Å². The number of amides is 4. The van der Waals surface area contributed by atoms with Crippen LogP contribution in [-0.4, -0.2) is 17.8 Å². The highest BCUT2D eigenvalue weighted by atomic mass is 79.9. The van der Waals surface area contributed by atoms with Crippen molar-refractivity contribution in [2.24, 2.45) is 0 Å². The summed E-state index contributed by atoms with van der Waals surface area (Å²) in [5, 5.41) is 2.78. The first-order valence-corrected chi connectivity index (χ1v) is 10.5. The Hall–Kier alpha value is -3.16. The first-order valence-electron chi connectivity index (χ1n) is 9.28. The third kappa shape index (κ3) is 4.06. The molecule has 8 heteroatoms. The number of hydrogen-bond donors (Lipinski definition) is 1. The van der Waals surface area contributed by atoms with Gasteiger partial charge in [0, 0.05) is 15.1 Å². The third-order valence-electron chi connectivity index (χ3n) is 4.88. The summed E-state index contributed by atoms with van der Waals surface area (Å²) in [5.74, 6) is -0.657. The number of imide groups is 2. The molecule has 3 aromatic rings. The number of barbiturate groups is 1. The Morgan fingerprint density at radius 3 is 2.52 bits per heavy atom. The van der Waals surface area contributed by atoms with Gasteiger partial charge < -0.3 is 4.42 Å². The molecule has 0 saturated carbocycles. The summed E-state index contributed by atoms with van der Waals surface area (Å²) in [6.45, 7) is 3.70. The van der Waals surface area contributed by atoms with Gasteiger partial charge in [0.15, 0.2) is 0 Å². The number of halogens is 2. The highest BCUT2D eigenvalue weighted by Gasteiger charge is 2.37. The van der Waals surface area contributed by atoms with E-state index in [-0.39, 0.29) is 5.57 Å². The van der Waals surface area contributed by atoms with Crippen LogP contribution in [0.5, 0.6) is 0 Å². The summed E-state index contributed by atoms with van der Waals surface area (Å²) in [5.41, 5.74) is 2.65. The van der Waals surface area contributed by atoms with Crippen molar-refractivity contribution in [3.63, 3.8) is 0 Å². The maximum absolute atomic E-state index is 13.1. The molecule has 1 aromatic heterocycles. The molecule has 1 aliphatic rings. The molecular weight excluding hydrogens is 484 g/mol. The number of hydrogen-bond acceptors (Lipinski definition) is 4. The van der Waals surface area contributed by atoms with Gasteiger partial charge >= 0.3 is 6.03 Å². The number of urea groups is 1. The molecule has 2 aromatic carbocycles. The second-order valence-corrected chi connectivity index (χ2v) is 8.40. The van der Waals surface area contributed by atoms with E-state index in [0.29, 0.717) is 27.8 Å². The van der Waals surface area contributed by atoms with E-state index in [0.717, 1.165) is 20.5 Å². The van der Waals surface area contributed by atoms with Gasteiger partial charge in [-0.15, -0.1) is 0 Å². The lowest BCUT2D eigenvalue weighted by molar-refractivity contribution is -0.122. The van der Waals surface area contributed by atoms with Gasteiger partial charge in [-0.2, -0.15) is 0 Å². The molecule has 0 bridgehead atoms. The van der Waals surface area contributed by atoms with Crippen molar-refractivity contribution in [3.8, 4) is 11.3 Å². The number of anilines is 1. The standard InChI is InChI=1S/C23H16BrClN2O4/c1-12-3-5-15(25)10-17(12)20-8-6-16(31-20)11-18-21(28)26-23(30)27(22(18)29)19-7-4-14(24)9-13(19)2/h3-11H,1-2H3,(H,26,28,30)/b18-11+. The first kappa shape index (κ1) is 21.1. The second kappa shape index (κ2) is 8.17. The fourth-order valence-corrected chi connectivity index (χ4v) is 3.97. The van der Waals surface area contributed by atoms with Crippen LogP contribution in [0, 0.1) is 13.8 Å². The van der Waals surface area contributed by atoms with Gasteiger partial charge in [0.25, 0.3) is 11.8 Å². The molecule has 4 rings (SSSR count). The number of carbonyl (C=O) groups excluding carboxylic acids is 3. The second-order valence-electron chi connectivity index (χ2n) is 7.05. The molecular formula is C23H16BrClN2O4. The molecule has 0 unspecified atom stereocenters. The maximum atomic E-state index is 13.1. The Balaban J connectivity index is 1.71. The Morgan fingerprint density at radius 1 is 1.00 bits per heavy atom. The van der Waals surface area contributed by atoms with Gasteiger partial charge in [-0.1, -0.05) is 33.6 Å². The molecule has 1 N–H and O–H groups in total. The van der Waals surface area contributed by atoms with Gasteiger partial charge in [-0.3, -0.25) is 14.9 Å². The topological polar surface area (TPSA) is 79.6 Å². The largest absolute Gasteiger partial charge is 0.457 e. The lowest BCUT2D eigenvalue weighted by Gasteiger charge is -2.27. The Labute approximate surface area is 191 Å². The van der Waals surface area contributed by atoms with E-state index in [2.05, 4.69) is 21.2 Å². The van der Waals surface area contributed by atoms with Crippen LogP contribution in [0.2, 0.25) is 5.02 Å². The SMILES string of the molecule is Cc1ccc(Cl)cc1-c1ccc(/C=C2\C(=O)NC(=O)N(c3ccc(Br)cc3C)C2=O)o1. The van der Waals surface area contributed by atoms with Crippen LogP contribution in [0.25, 0.3) is 17.4 Å². The molecule has 0 atom stereocenters. The van der Waals surface area contributed by atoms with Gasteiger partial charge in [0.1, 0.15) is 17.1 Å². The smallest absolute Gasteiger partial charge is 0.335 e. The lowest BCUT2D eigenvalue weighted by Crippen LogP contribution is -2.54. The predicted octanol–water partition coefficient (Wildman–Crippen LogP) is 5.65. The van der Waals surface area contributed by atoms with E-state index in [1.165, 1.54) is 6.08 Å². The monoisotopic (exact) mass is 498 g/mol. The molecule has 1 fully saturated rings. The van der Waals surface area contributed by atoms with E-state index in [1.807, 2.05) is 13.0 Å². The van der Waals surface area contributed by atoms with E-state index >= 15 is 0 Å². The zero-order chi connectivity index (χ0) is 22.3. The maximum Gasteiger partial charge on any atom is 0.335 e. The fourth-order valence-electron chi connectivity index (χ4n) is 3.32. The van der Waals surface area contributed by atoms with E-state index in [1.54, 1.807) is 49.4 Å². The number of furan rings is 1. The third-order valence-corrected chi connectivity index (χ3v) is 5.61. The highest BCUT2D eigenvalue weighted by molar-refractivity contribution is 9.10. The van der Waals surface area contributed by atoms with E-state index in [9.17, 15) is 14.4 Å². The minimum Gasteiger partial charge on any atom is -0.457 e. The van der Waals surface area contributed by atoms with Crippen LogP contribution in [0.1, 0.15) is 16.9 Å². The highest BCUT2D eigenvalue weighted by Crippen LogP contribution is 2.30. The average molecular weight is 500 g/mol. The van der Waals surface area contributed by atoms with Crippen molar-refractivity contribution in [1.29, 1.82) is 0 Å². The van der Waals surface area contributed by atoms with Crippen LogP contribution in [0.3, 0.4) is 0 Å². The number of nitrogens with zero attached hydrogens (tertiary/aromatic N) is 1. The van der Waals surface area contributed by atoms with Crippen molar-refractivity contribution in [3.05, 3.63) is 80.5 Å². The number of benzene rings is 2. The molecule has 1 saturated heterocycles. The zero-order valence-corrected chi connectivity index (χ0v) is 18.9. The molecule has 0 aliphatic carbocycles. The number of nitrogens with one attached hydrogen (secondary N) is 1. The van der Waals surface area contributed by atoms with Crippen molar-refractivity contribution in [2.45, 2.75) is 13.8 Å². The Kier molecular flexibility index (Phi) is 5.56. The minimum absolute atomic E-state index is 0.203. The summed E-state index contributed by atoms with van der Waals surface area (Å²) < 4.78 is 6.65. The summed E-state index contributed by atoms with van der Waals surface area (Å²) >= 11 is 9.44. The van der Waals surface area contributed by atoms with Gasteiger partial charge in [-0.05, 0) is 73.5 Å². The molecule has 4 amide bonds. The summed E-state index contributed by atoms with van der Waals surface area (Å²) in [6, 6.07) is 13.2. The fraction of sp³-hybridized carbons (Fsp3) is 0.0870. The van der Waals surface area contributed by atoms with Gasteiger partial charge in [0.2, 0.25) is 0 Å². The molecule has 6 nitrogen and oxygen atoms in total. The molecule has 0 radical (unpaired) electrons. The van der Waals surface area contributed by atoms with E-state index in [4.69, 9.17) is 16.0 Å². The van der Waals surface area contributed by atoms with Crippen LogP contribution in [0.15, 0.2) is 63.0 Å². The molecule has 31 heavy (non-hydrogen) atoms. The number of aryl methyl sites for hydroxylation is 2. The quantitative estimate of drug-likeness (QED) is 0.373. The summed E-state index contributed by atoms with van der Waals surface area (Å²) in [4.78, 5) is 38.8. The van der Waals surface area contributed by atoms with Gasteiger partial charge in [-0.25, -0.2) is 9.69 Å². The normalized spacial score (nSPS) is 15.5. The summed E-state index contributed by atoms with van der Waals surface area (Å²) in [6.07, 6.45) is 1.33. The molecule has 1 aliphatic heterocycles. The molecule has 0 spiro atoms. The Bertz CT molecular complexity index is 1280. The zero-order valence-electron chi connectivity index (χ0n) is 16.5. The average Bonchev–Trinajstić information content (AvgIpc) is 3.17. The van der Waals surface area contributed by atoms with Crippen LogP contribution in [0.4, 0.5) is 10.5 Å². The summed E-state index contributed by atoms with van der Waals surface area (Å²) in [7, 11) is 0. The minimum atomic E-state index is -0.799. The number of rotatable bonds is 3. The van der Waals surface area contributed by atoms with Gasteiger partial charge in [0.05, 0.1) is 5.69 Å². The van der Waals surface area contributed by atoms with Crippen molar-refractivity contribution in [1.82, 2.24) is 5.32 Å². The van der Waals surface area contributed by atoms with Crippen LogP contribution < -0.4 is 10.2 Å². The first-order chi connectivity index (χ1) is 14.7. The molecule has 156 valence electrons. The van der Waals surface area contributed by atoms with E-state index < -0.39 is 17.8 Å².